The highest BCUT2D eigenvalue weighted by atomic mass is 16.5. The van der Waals surface area contributed by atoms with Crippen LogP contribution in [0, 0.1) is 0 Å². The third-order valence-corrected chi connectivity index (χ3v) is 7.17. The maximum Gasteiger partial charge on any atom is 0.407 e. The second kappa shape index (κ2) is 9.92. The Labute approximate surface area is 190 Å². The summed E-state index contributed by atoms with van der Waals surface area (Å²) in [6, 6.07) is 16.6. The Kier molecular flexibility index (Phi) is 7.01. The molecule has 1 atom stereocenters. The Morgan fingerprint density at radius 3 is 2.31 bits per heavy atom. The van der Waals surface area contributed by atoms with E-state index >= 15 is 0 Å². The van der Waals surface area contributed by atoms with E-state index in [-0.39, 0.29) is 5.92 Å². The molecule has 2 aromatic carbocycles. The van der Waals surface area contributed by atoms with Crippen LogP contribution in [0.2, 0.25) is 0 Å². The fourth-order valence-electron chi connectivity index (χ4n) is 5.19. The van der Waals surface area contributed by atoms with E-state index in [4.69, 9.17) is 4.74 Å². The SMILES string of the molecule is COc1cccc(-c2ccc(C(CN3CCN(C(=O)O)CC3)C3(O)CCCCC3)cc2)c1. The second-order valence-corrected chi connectivity index (χ2v) is 9.14. The molecule has 1 aliphatic heterocycles. The number of carboxylic acid groups (broad SMARTS) is 1. The van der Waals surface area contributed by atoms with Gasteiger partial charge in [0.25, 0.3) is 0 Å². The molecule has 6 heteroatoms. The number of rotatable bonds is 6. The summed E-state index contributed by atoms with van der Waals surface area (Å²) >= 11 is 0. The average molecular weight is 439 g/mol. The van der Waals surface area contributed by atoms with Crippen molar-refractivity contribution in [2.24, 2.45) is 0 Å². The van der Waals surface area contributed by atoms with Crippen molar-refractivity contribution in [1.82, 2.24) is 9.80 Å². The topological polar surface area (TPSA) is 73.2 Å². The number of hydrogen-bond acceptors (Lipinski definition) is 4. The van der Waals surface area contributed by atoms with E-state index in [2.05, 4.69) is 35.2 Å². The fourth-order valence-corrected chi connectivity index (χ4v) is 5.19. The van der Waals surface area contributed by atoms with Crippen LogP contribution in [0.25, 0.3) is 11.1 Å². The quantitative estimate of drug-likeness (QED) is 0.698. The molecule has 0 spiro atoms. The number of piperazine rings is 1. The third-order valence-electron chi connectivity index (χ3n) is 7.17. The van der Waals surface area contributed by atoms with Gasteiger partial charge in [-0.1, -0.05) is 55.7 Å². The number of benzene rings is 2. The van der Waals surface area contributed by atoms with Gasteiger partial charge in [-0.05, 0) is 41.7 Å². The number of aliphatic hydroxyl groups is 1. The maximum atomic E-state index is 11.7. The molecule has 0 bridgehead atoms. The number of methoxy groups -OCH3 is 1. The molecule has 1 heterocycles. The van der Waals surface area contributed by atoms with Crippen molar-refractivity contribution >= 4 is 6.09 Å². The molecule has 1 saturated carbocycles. The van der Waals surface area contributed by atoms with Crippen LogP contribution in [0.4, 0.5) is 4.79 Å². The predicted molar refractivity (Wildman–Crippen MR) is 125 cm³/mol. The van der Waals surface area contributed by atoms with Gasteiger partial charge in [0.2, 0.25) is 0 Å². The van der Waals surface area contributed by atoms with Crippen molar-refractivity contribution in [3.05, 3.63) is 54.1 Å². The van der Waals surface area contributed by atoms with Gasteiger partial charge in [0.1, 0.15) is 5.75 Å². The molecule has 172 valence electrons. The van der Waals surface area contributed by atoms with Gasteiger partial charge < -0.3 is 19.8 Å². The highest BCUT2D eigenvalue weighted by Crippen LogP contribution is 2.41. The van der Waals surface area contributed by atoms with Gasteiger partial charge in [-0.15, -0.1) is 0 Å². The minimum atomic E-state index is -0.847. The smallest absolute Gasteiger partial charge is 0.407 e. The first-order chi connectivity index (χ1) is 15.5. The molecule has 0 aromatic heterocycles. The van der Waals surface area contributed by atoms with Crippen LogP contribution in [0.15, 0.2) is 48.5 Å². The van der Waals surface area contributed by atoms with Crippen molar-refractivity contribution in [2.45, 2.75) is 43.6 Å². The van der Waals surface area contributed by atoms with Gasteiger partial charge in [-0.3, -0.25) is 4.90 Å². The second-order valence-electron chi connectivity index (χ2n) is 9.14. The normalized spacial score (nSPS) is 20.0. The molecule has 4 rings (SSSR count). The predicted octanol–water partition coefficient (Wildman–Crippen LogP) is 4.44. The zero-order chi connectivity index (χ0) is 22.6. The first-order valence-electron chi connectivity index (χ1n) is 11.7. The zero-order valence-electron chi connectivity index (χ0n) is 18.9. The third kappa shape index (κ3) is 5.08. The van der Waals surface area contributed by atoms with Gasteiger partial charge in [-0.2, -0.15) is 0 Å². The van der Waals surface area contributed by atoms with Crippen molar-refractivity contribution < 1.29 is 19.7 Å². The summed E-state index contributed by atoms with van der Waals surface area (Å²) in [4.78, 5) is 15.0. The Hall–Kier alpha value is -2.57. The lowest BCUT2D eigenvalue weighted by molar-refractivity contribution is -0.0338. The Morgan fingerprint density at radius 1 is 1.00 bits per heavy atom. The lowest BCUT2D eigenvalue weighted by Crippen LogP contribution is -2.51. The average Bonchev–Trinajstić information content (AvgIpc) is 2.83. The van der Waals surface area contributed by atoms with Gasteiger partial charge in [-0.25, -0.2) is 4.79 Å². The summed E-state index contributed by atoms with van der Waals surface area (Å²) in [5.41, 5.74) is 2.67. The summed E-state index contributed by atoms with van der Waals surface area (Å²) in [7, 11) is 1.67. The Morgan fingerprint density at radius 2 is 1.69 bits per heavy atom. The van der Waals surface area contributed by atoms with Crippen LogP contribution < -0.4 is 4.74 Å². The summed E-state index contributed by atoms with van der Waals surface area (Å²) < 4.78 is 5.36. The zero-order valence-corrected chi connectivity index (χ0v) is 18.9. The summed E-state index contributed by atoms with van der Waals surface area (Å²) in [6.45, 7) is 3.22. The molecular formula is C26H34N2O4. The monoisotopic (exact) mass is 438 g/mol. The van der Waals surface area contributed by atoms with E-state index in [1.165, 1.54) is 11.3 Å². The van der Waals surface area contributed by atoms with Crippen LogP contribution >= 0.6 is 0 Å². The van der Waals surface area contributed by atoms with Crippen molar-refractivity contribution in [3.8, 4) is 16.9 Å². The van der Waals surface area contributed by atoms with Gasteiger partial charge >= 0.3 is 6.09 Å². The lowest BCUT2D eigenvalue weighted by Gasteiger charge is -2.43. The highest BCUT2D eigenvalue weighted by molar-refractivity contribution is 5.66. The molecule has 1 saturated heterocycles. The van der Waals surface area contributed by atoms with E-state index in [0.29, 0.717) is 26.2 Å². The van der Waals surface area contributed by atoms with Crippen molar-refractivity contribution in [1.29, 1.82) is 0 Å². The van der Waals surface area contributed by atoms with Gasteiger partial charge in [0.15, 0.2) is 0 Å². The number of hydrogen-bond donors (Lipinski definition) is 2. The maximum absolute atomic E-state index is 11.7. The molecular weight excluding hydrogens is 404 g/mol. The first-order valence-corrected chi connectivity index (χ1v) is 11.7. The highest BCUT2D eigenvalue weighted by Gasteiger charge is 2.40. The van der Waals surface area contributed by atoms with Gasteiger partial charge in [0.05, 0.1) is 12.7 Å². The minimum absolute atomic E-state index is 0.0125. The molecule has 1 amide bonds. The standard InChI is InChI=1S/C26H34N2O4/c1-32-23-7-5-6-22(18-23)20-8-10-21(11-9-20)24(26(31)12-3-2-4-13-26)19-27-14-16-28(17-15-27)25(29)30/h5-11,18,24,31H,2-4,12-17,19H2,1H3,(H,29,30). The first kappa shape index (κ1) is 22.6. The van der Waals surface area contributed by atoms with E-state index in [1.807, 2.05) is 18.2 Å². The number of carbonyl (C=O) groups is 1. The van der Waals surface area contributed by atoms with Crippen molar-refractivity contribution in [2.75, 3.05) is 39.8 Å². The van der Waals surface area contributed by atoms with Crippen LogP contribution in [-0.2, 0) is 0 Å². The Balaban J connectivity index is 1.55. The van der Waals surface area contributed by atoms with Crippen LogP contribution in [0.5, 0.6) is 5.75 Å². The number of ether oxygens (including phenoxy) is 1. The minimum Gasteiger partial charge on any atom is -0.497 e. The molecule has 2 aromatic rings. The van der Waals surface area contributed by atoms with E-state index in [9.17, 15) is 15.0 Å². The van der Waals surface area contributed by atoms with Crippen LogP contribution in [-0.4, -0.2) is 71.5 Å². The van der Waals surface area contributed by atoms with E-state index < -0.39 is 11.7 Å². The van der Waals surface area contributed by atoms with E-state index in [0.717, 1.165) is 54.7 Å². The molecule has 32 heavy (non-hydrogen) atoms. The summed E-state index contributed by atoms with van der Waals surface area (Å²) in [5, 5.41) is 20.9. The molecule has 0 radical (unpaired) electrons. The van der Waals surface area contributed by atoms with E-state index in [1.54, 1.807) is 7.11 Å². The number of nitrogens with zero attached hydrogens (tertiary/aromatic N) is 2. The summed E-state index contributed by atoms with van der Waals surface area (Å²) in [5.74, 6) is 0.847. The lowest BCUT2D eigenvalue weighted by atomic mass is 9.72. The molecule has 6 nitrogen and oxygen atoms in total. The molecule has 2 N–H and O–H groups in total. The Bertz CT molecular complexity index is 900. The van der Waals surface area contributed by atoms with Crippen molar-refractivity contribution in [3.63, 3.8) is 0 Å². The van der Waals surface area contributed by atoms with Crippen LogP contribution in [0.1, 0.15) is 43.6 Å². The summed E-state index contributed by atoms with van der Waals surface area (Å²) in [6.07, 6.45) is 4.10. The molecule has 2 fully saturated rings. The fraction of sp³-hybridized carbons (Fsp3) is 0.500. The van der Waals surface area contributed by atoms with Crippen LogP contribution in [0.3, 0.4) is 0 Å². The molecule has 2 aliphatic rings. The number of amides is 1. The largest absolute Gasteiger partial charge is 0.497 e. The molecule has 1 unspecified atom stereocenters. The molecule has 1 aliphatic carbocycles. The van der Waals surface area contributed by atoms with Gasteiger partial charge in [0, 0.05) is 38.6 Å².